The highest BCUT2D eigenvalue weighted by Gasteiger charge is 2.29. The summed E-state index contributed by atoms with van der Waals surface area (Å²) in [4.78, 5) is 4.13. The number of nitrogens with one attached hydrogen (secondary N) is 1. The highest BCUT2D eigenvalue weighted by Crippen LogP contribution is 2.28. The molecule has 0 bridgehead atoms. The summed E-state index contributed by atoms with van der Waals surface area (Å²) in [5.41, 5.74) is 0. The quantitative estimate of drug-likeness (QED) is 0.798. The molecule has 1 aromatic rings. The van der Waals surface area contributed by atoms with Gasteiger partial charge in [-0.25, -0.2) is 0 Å². The van der Waals surface area contributed by atoms with E-state index >= 15 is 0 Å². The van der Waals surface area contributed by atoms with Crippen LogP contribution in [0.3, 0.4) is 0 Å². The van der Waals surface area contributed by atoms with Gasteiger partial charge in [0, 0.05) is 43.2 Å². The molecule has 1 saturated carbocycles. The molecule has 1 N–H and O–H groups in total. The Labute approximate surface area is 126 Å². The lowest BCUT2D eigenvalue weighted by Crippen LogP contribution is -2.41. The maximum atomic E-state index is 5.74. The third-order valence-corrected chi connectivity index (χ3v) is 5.25. The molecule has 0 aromatic carbocycles. The molecule has 20 heavy (non-hydrogen) atoms. The van der Waals surface area contributed by atoms with Gasteiger partial charge in [0.05, 0.1) is 6.10 Å². The summed E-state index contributed by atoms with van der Waals surface area (Å²) >= 11 is 1.87. The maximum Gasteiger partial charge on any atom is 0.0726 e. The van der Waals surface area contributed by atoms with Crippen molar-refractivity contribution in [3.05, 3.63) is 22.4 Å². The molecule has 4 heteroatoms. The molecular weight excluding hydrogens is 268 g/mol. The summed E-state index contributed by atoms with van der Waals surface area (Å²) < 4.78 is 5.74. The van der Waals surface area contributed by atoms with Gasteiger partial charge in [-0.15, -0.1) is 11.3 Å². The largest absolute Gasteiger partial charge is 0.377 e. The van der Waals surface area contributed by atoms with Crippen LogP contribution < -0.4 is 5.32 Å². The highest BCUT2D eigenvalue weighted by atomic mass is 32.1. The minimum Gasteiger partial charge on any atom is -0.377 e. The fourth-order valence-corrected chi connectivity index (χ4v) is 3.73. The van der Waals surface area contributed by atoms with Crippen LogP contribution in [0.4, 0.5) is 0 Å². The molecular formula is C16H26N2OS. The number of thiophene rings is 1. The van der Waals surface area contributed by atoms with Crippen LogP contribution in [0.25, 0.3) is 0 Å². The zero-order chi connectivity index (χ0) is 13.8. The lowest BCUT2D eigenvalue weighted by Gasteiger charge is -2.24. The van der Waals surface area contributed by atoms with E-state index < -0.39 is 0 Å². The molecule has 112 valence electrons. The van der Waals surface area contributed by atoms with Crippen LogP contribution >= 0.6 is 11.3 Å². The fraction of sp³-hybridized carbons (Fsp3) is 0.750. The zero-order valence-electron chi connectivity index (χ0n) is 12.4. The van der Waals surface area contributed by atoms with E-state index in [1.165, 1.54) is 30.6 Å². The average molecular weight is 294 g/mol. The molecule has 0 radical (unpaired) electrons. The van der Waals surface area contributed by atoms with Crippen molar-refractivity contribution in [1.29, 1.82) is 0 Å². The molecule has 0 spiro atoms. The van der Waals surface area contributed by atoms with Gasteiger partial charge in [0.2, 0.25) is 0 Å². The predicted molar refractivity (Wildman–Crippen MR) is 84.2 cm³/mol. The minimum atomic E-state index is 0.432. The van der Waals surface area contributed by atoms with Crippen molar-refractivity contribution in [3.63, 3.8) is 0 Å². The summed E-state index contributed by atoms with van der Waals surface area (Å²) in [6.07, 6.45) is 5.64. The van der Waals surface area contributed by atoms with Gasteiger partial charge in [-0.05, 0) is 44.1 Å². The number of rotatable bonds is 8. The standard InChI is InChI=1S/C16H26N2OS/c1-13(16-5-2-10-19-16)17-8-9-18(14-6-7-14)12-15-4-3-11-20-15/h3-4,11,13-14,16-17H,2,5-10,12H2,1H3. The smallest absolute Gasteiger partial charge is 0.0726 e. The Morgan fingerprint density at radius 3 is 3.00 bits per heavy atom. The Hall–Kier alpha value is -0.420. The van der Waals surface area contributed by atoms with Crippen LogP contribution in [-0.2, 0) is 11.3 Å². The fourth-order valence-electron chi connectivity index (χ4n) is 3.00. The predicted octanol–water partition coefficient (Wildman–Crippen LogP) is 2.87. The van der Waals surface area contributed by atoms with E-state index in [4.69, 9.17) is 4.74 Å². The van der Waals surface area contributed by atoms with E-state index in [1.54, 1.807) is 0 Å². The Morgan fingerprint density at radius 1 is 1.45 bits per heavy atom. The minimum absolute atomic E-state index is 0.432. The summed E-state index contributed by atoms with van der Waals surface area (Å²) in [6.45, 7) is 6.56. The van der Waals surface area contributed by atoms with Gasteiger partial charge in [-0.2, -0.15) is 0 Å². The Kier molecular flexibility index (Phi) is 5.10. The van der Waals surface area contributed by atoms with Gasteiger partial charge >= 0.3 is 0 Å². The molecule has 2 atom stereocenters. The first kappa shape index (κ1) is 14.5. The van der Waals surface area contributed by atoms with Crippen molar-refractivity contribution in [2.45, 2.75) is 57.3 Å². The molecule has 1 saturated heterocycles. The monoisotopic (exact) mass is 294 g/mol. The van der Waals surface area contributed by atoms with Gasteiger partial charge in [-0.3, -0.25) is 4.90 Å². The summed E-state index contributed by atoms with van der Waals surface area (Å²) in [5, 5.41) is 5.83. The molecule has 3 nitrogen and oxygen atoms in total. The maximum absolute atomic E-state index is 5.74. The average Bonchev–Trinajstić information content (AvgIpc) is 2.94. The zero-order valence-corrected chi connectivity index (χ0v) is 13.2. The lowest BCUT2D eigenvalue weighted by molar-refractivity contribution is 0.0824. The third kappa shape index (κ3) is 4.04. The first-order chi connectivity index (χ1) is 9.83. The summed E-state index contributed by atoms with van der Waals surface area (Å²) in [6, 6.07) is 5.72. The Morgan fingerprint density at radius 2 is 2.35 bits per heavy atom. The van der Waals surface area contributed by atoms with E-state index in [9.17, 15) is 0 Å². The van der Waals surface area contributed by atoms with Crippen LogP contribution in [0.15, 0.2) is 17.5 Å². The van der Waals surface area contributed by atoms with Crippen LogP contribution in [0.5, 0.6) is 0 Å². The molecule has 2 fully saturated rings. The van der Waals surface area contributed by atoms with Gasteiger partial charge in [-0.1, -0.05) is 6.07 Å². The van der Waals surface area contributed by atoms with E-state index in [0.717, 1.165) is 32.3 Å². The van der Waals surface area contributed by atoms with Crippen molar-refractivity contribution in [3.8, 4) is 0 Å². The van der Waals surface area contributed by atoms with Crippen molar-refractivity contribution >= 4 is 11.3 Å². The number of hydrogen-bond donors (Lipinski definition) is 1. The molecule has 0 amide bonds. The molecule has 1 aliphatic heterocycles. The van der Waals surface area contributed by atoms with Gasteiger partial charge < -0.3 is 10.1 Å². The molecule has 1 aliphatic carbocycles. The summed E-state index contributed by atoms with van der Waals surface area (Å²) in [5.74, 6) is 0. The van der Waals surface area contributed by atoms with Crippen LogP contribution in [0.2, 0.25) is 0 Å². The second kappa shape index (κ2) is 7.03. The van der Waals surface area contributed by atoms with Crippen molar-refractivity contribution < 1.29 is 4.74 Å². The van der Waals surface area contributed by atoms with Crippen LogP contribution in [0.1, 0.15) is 37.5 Å². The molecule has 1 aromatic heterocycles. The highest BCUT2D eigenvalue weighted by molar-refractivity contribution is 7.09. The topological polar surface area (TPSA) is 24.5 Å². The molecule has 2 aliphatic rings. The van der Waals surface area contributed by atoms with E-state index in [2.05, 4.69) is 34.7 Å². The SMILES string of the molecule is CC(NCCN(Cc1cccs1)C1CC1)C1CCCO1. The summed E-state index contributed by atoms with van der Waals surface area (Å²) in [7, 11) is 0. The number of hydrogen-bond acceptors (Lipinski definition) is 4. The van der Waals surface area contributed by atoms with Crippen LogP contribution in [-0.4, -0.2) is 42.8 Å². The van der Waals surface area contributed by atoms with Crippen molar-refractivity contribution in [1.82, 2.24) is 10.2 Å². The second-order valence-electron chi connectivity index (χ2n) is 6.08. The number of ether oxygens (including phenoxy) is 1. The van der Waals surface area contributed by atoms with E-state index in [1.807, 2.05) is 11.3 Å². The second-order valence-corrected chi connectivity index (χ2v) is 7.11. The Balaban J connectivity index is 1.40. The van der Waals surface area contributed by atoms with Crippen LogP contribution in [0, 0.1) is 0 Å². The van der Waals surface area contributed by atoms with Gasteiger partial charge in [0.25, 0.3) is 0 Å². The molecule has 2 unspecified atom stereocenters. The van der Waals surface area contributed by atoms with Crippen molar-refractivity contribution in [2.75, 3.05) is 19.7 Å². The third-order valence-electron chi connectivity index (χ3n) is 4.39. The van der Waals surface area contributed by atoms with Gasteiger partial charge in [0.1, 0.15) is 0 Å². The van der Waals surface area contributed by atoms with Gasteiger partial charge in [0.15, 0.2) is 0 Å². The Bertz CT molecular complexity index is 385. The van der Waals surface area contributed by atoms with Crippen molar-refractivity contribution in [2.24, 2.45) is 0 Å². The first-order valence-electron chi connectivity index (χ1n) is 7.94. The first-order valence-corrected chi connectivity index (χ1v) is 8.82. The molecule has 2 heterocycles. The van der Waals surface area contributed by atoms with E-state index in [0.29, 0.717) is 12.1 Å². The molecule has 3 rings (SSSR count). The van der Waals surface area contributed by atoms with E-state index in [-0.39, 0.29) is 0 Å². The number of nitrogens with zero attached hydrogens (tertiary/aromatic N) is 1. The normalized spacial score (nSPS) is 24.4. The lowest BCUT2D eigenvalue weighted by atomic mass is 10.1.